The number of fused-ring (bicyclic) bond motifs is 1. The Morgan fingerprint density at radius 3 is 2.47 bits per heavy atom. The zero-order valence-corrected chi connectivity index (χ0v) is 19.6. The van der Waals surface area contributed by atoms with Gasteiger partial charge in [-0.1, -0.05) is 41.4 Å². The van der Waals surface area contributed by atoms with Crippen molar-refractivity contribution >= 4 is 35.1 Å². The average Bonchev–Trinajstić information content (AvgIpc) is 3.17. The lowest BCUT2D eigenvalue weighted by Gasteiger charge is -2.38. The number of amides is 3. The first-order valence-electron chi connectivity index (χ1n) is 11.0. The fourth-order valence-corrected chi connectivity index (χ4v) is 4.90. The fourth-order valence-electron chi connectivity index (χ4n) is 4.60. The topological polar surface area (TPSA) is 93.2 Å². The summed E-state index contributed by atoms with van der Waals surface area (Å²) < 4.78 is 14.9. The monoisotopic (exact) mass is 501 g/mol. The Kier molecular flexibility index (Phi) is 5.95. The second-order valence-electron chi connectivity index (χ2n) is 8.67. The summed E-state index contributed by atoms with van der Waals surface area (Å²) in [5, 5.41) is 8.38. The van der Waals surface area contributed by atoms with Crippen molar-refractivity contribution in [1.29, 1.82) is 0 Å². The maximum absolute atomic E-state index is 13.1. The summed E-state index contributed by atoms with van der Waals surface area (Å²) in [4.78, 5) is 26.9. The number of nitrogens with zero attached hydrogens (tertiary/aromatic N) is 3. The molecule has 3 amide bonds. The molecule has 10 heteroatoms. The van der Waals surface area contributed by atoms with Crippen LogP contribution in [0.4, 0.5) is 9.18 Å². The van der Waals surface area contributed by atoms with Crippen LogP contribution in [0.1, 0.15) is 40.4 Å². The van der Waals surface area contributed by atoms with Crippen LogP contribution >= 0.6 is 23.2 Å². The molecular weight excluding hydrogens is 480 g/mol. The van der Waals surface area contributed by atoms with E-state index in [2.05, 4.69) is 10.4 Å². The van der Waals surface area contributed by atoms with Crippen LogP contribution in [0.5, 0.6) is 0 Å². The highest BCUT2D eigenvalue weighted by Gasteiger charge is 2.34. The van der Waals surface area contributed by atoms with Crippen LogP contribution < -0.4 is 11.1 Å². The number of urea groups is 1. The smallest absolute Gasteiger partial charge is 0.318 e. The molecular formula is C24H22Cl2FN5O2. The molecule has 3 aromatic rings. The van der Waals surface area contributed by atoms with Crippen molar-refractivity contribution in [3.63, 3.8) is 0 Å². The van der Waals surface area contributed by atoms with Crippen molar-refractivity contribution in [3.05, 3.63) is 75.1 Å². The lowest BCUT2D eigenvalue weighted by molar-refractivity contribution is 0.0997. The number of hydrogen-bond acceptors (Lipinski definition) is 3. The first kappa shape index (κ1) is 22.7. The minimum atomic E-state index is -0.620. The van der Waals surface area contributed by atoms with Crippen LogP contribution in [0.3, 0.4) is 0 Å². The van der Waals surface area contributed by atoms with Gasteiger partial charge in [-0.2, -0.15) is 5.10 Å². The zero-order chi connectivity index (χ0) is 24.0. The minimum absolute atomic E-state index is 0.0526. The highest BCUT2D eigenvalue weighted by atomic mass is 35.5. The van der Waals surface area contributed by atoms with Gasteiger partial charge >= 0.3 is 6.03 Å². The summed E-state index contributed by atoms with van der Waals surface area (Å²) in [6.07, 6.45) is 1.61. The summed E-state index contributed by atoms with van der Waals surface area (Å²) in [6, 6.07) is 11.4. The fraction of sp³-hybridized carbons (Fsp3) is 0.292. The molecule has 1 fully saturated rings. The van der Waals surface area contributed by atoms with Gasteiger partial charge in [0.15, 0.2) is 0 Å². The van der Waals surface area contributed by atoms with Gasteiger partial charge in [-0.05, 0) is 48.6 Å². The summed E-state index contributed by atoms with van der Waals surface area (Å²) in [5.74, 6) is -0.565. The zero-order valence-electron chi connectivity index (χ0n) is 18.1. The predicted octanol–water partition coefficient (Wildman–Crippen LogP) is 4.57. The number of carbonyl (C=O) groups excluding carboxylic acids is 2. The van der Waals surface area contributed by atoms with E-state index in [9.17, 15) is 14.0 Å². The average molecular weight is 502 g/mol. The predicted molar refractivity (Wildman–Crippen MR) is 127 cm³/mol. The van der Waals surface area contributed by atoms with Crippen LogP contribution in [0.15, 0.2) is 42.5 Å². The number of hydrogen-bond donors (Lipinski definition) is 2. The molecule has 34 heavy (non-hydrogen) atoms. The van der Waals surface area contributed by atoms with Crippen molar-refractivity contribution < 1.29 is 14.0 Å². The Morgan fingerprint density at radius 1 is 1.06 bits per heavy atom. The van der Waals surface area contributed by atoms with Crippen LogP contribution in [-0.2, 0) is 13.1 Å². The molecule has 1 saturated carbocycles. The number of nitrogens with one attached hydrogen (secondary N) is 1. The van der Waals surface area contributed by atoms with E-state index in [1.54, 1.807) is 39.9 Å². The molecule has 3 N–H and O–H groups in total. The molecule has 0 radical (unpaired) electrons. The van der Waals surface area contributed by atoms with Gasteiger partial charge in [0.05, 0.1) is 34.4 Å². The third kappa shape index (κ3) is 4.23. The summed E-state index contributed by atoms with van der Waals surface area (Å²) in [6.45, 7) is 1.10. The molecule has 1 aliphatic heterocycles. The van der Waals surface area contributed by atoms with Crippen molar-refractivity contribution in [2.45, 2.75) is 37.9 Å². The van der Waals surface area contributed by atoms with Gasteiger partial charge in [-0.25, -0.2) is 9.18 Å². The Hall–Kier alpha value is -3.10. The third-order valence-electron chi connectivity index (χ3n) is 6.51. The number of aromatic nitrogens is 2. The minimum Gasteiger partial charge on any atom is -0.365 e. The van der Waals surface area contributed by atoms with Crippen molar-refractivity contribution in [1.82, 2.24) is 20.0 Å². The first-order valence-corrected chi connectivity index (χ1v) is 11.7. The molecule has 0 spiro atoms. The maximum Gasteiger partial charge on any atom is 0.318 e. The molecule has 176 valence electrons. The number of rotatable bonds is 4. The van der Waals surface area contributed by atoms with E-state index in [-0.39, 0.29) is 30.0 Å². The van der Waals surface area contributed by atoms with Gasteiger partial charge in [-0.15, -0.1) is 0 Å². The molecule has 0 bridgehead atoms. The number of nitrogens with two attached hydrogens (primary N) is 1. The van der Waals surface area contributed by atoms with E-state index >= 15 is 0 Å². The van der Waals surface area contributed by atoms with E-state index in [0.717, 1.165) is 18.4 Å². The lowest BCUT2D eigenvalue weighted by Crippen LogP contribution is -2.51. The summed E-state index contributed by atoms with van der Waals surface area (Å²) in [5.41, 5.74) is 8.70. The lowest BCUT2D eigenvalue weighted by atomic mass is 9.76. The van der Waals surface area contributed by atoms with Gasteiger partial charge in [0.2, 0.25) is 0 Å². The van der Waals surface area contributed by atoms with E-state index in [1.807, 2.05) is 0 Å². The SMILES string of the molecule is NC(=O)c1c(-c2ccc(Cl)c(Cl)c2)nn2c1CN(C(=O)N[C@H]1C[C@H](c3ccc(F)cc3)C1)CC2. The Bertz CT molecular complexity index is 1270. The number of benzene rings is 2. The van der Waals surface area contributed by atoms with Gasteiger partial charge in [0.25, 0.3) is 5.91 Å². The van der Waals surface area contributed by atoms with Gasteiger partial charge in [0, 0.05) is 18.2 Å². The van der Waals surface area contributed by atoms with Gasteiger partial charge < -0.3 is 16.0 Å². The van der Waals surface area contributed by atoms with E-state index in [4.69, 9.17) is 28.9 Å². The molecule has 2 aliphatic rings. The van der Waals surface area contributed by atoms with Crippen LogP contribution in [-0.4, -0.2) is 39.2 Å². The van der Waals surface area contributed by atoms with E-state index in [0.29, 0.717) is 46.0 Å². The molecule has 0 saturated heterocycles. The normalized spacial score (nSPS) is 19.3. The maximum atomic E-state index is 13.1. The molecule has 2 heterocycles. The molecule has 2 aromatic carbocycles. The first-order chi connectivity index (χ1) is 16.3. The van der Waals surface area contributed by atoms with Crippen LogP contribution in [0.2, 0.25) is 10.0 Å². The third-order valence-corrected chi connectivity index (χ3v) is 7.25. The Morgan fingerprint density at radius 2 is 1.79 bits per heavy atom. The Labute approximate surface area is 205 Å². The van der Waals surface area contributed by atoms with E-state index in [1.165, 1.54) is 12.1 Å². The van der Waals surface area contributed by atoms with Crippen molar-refractivity contribution in [2.75, 3.05) is 6.54 Å². The van der Waals surface area contributed by atoms with Crippen molar-refractivity contribution in [2.24, 2.45) is 5.73 Å². The second kappa shape index (κ2) is 8.92. The molecule has 0 atom stereocenters. The van der Waals surface area contributed by atoms with E-state index < -0.39 is 5.91 Å². The highest BCUT2D eigenvalue weighted by molar-refractivity contribution is 6.42. The molecule has 5 rings (SSSR count). The summed E-state index contributed by atoms with van der Waals surface area (Å²) >= 11 is 12.2. The number of carbonyl (C=O) groups is 2. The summed E-state index contributed by atoms with van der Waals surface area (Å²) in [7, 11) is 0. The molecule has 1 aromatic heterocycles. The van der Waals surface area contributed by atoms with Gasteiger partial charge in [0.1, 0.15) is 11.5 Å². The number of primary amides is 1. The highest BCUT2D eigenvalue weighted by Crippen LogP contribution is 2.37. The largest absolute Gasteiger partial charge is 0.365 e. The Balaban J connectivity index is 1.28. The van der Waals surface area contributed by atoms with Gasteiger partial charge in [-0.3, -0.25) is 9.48 Å². The molecule has 1 aliphatic carbocycles. The van der Waals surface area contributed by atoms with Crippen LogP contribution in [0.25, 0.3) is 11.3 Å². The molecule has 0 unspecified atom stereocenters. The van der Waals surface area contributed by atoms with Crippen molar-refractivity contribution in [3.8, 4) is 11.3 Å². The standard InChI is InChI=1S/C24H22Cl2FN5O2/c25-18-6-3-14(11-19(18)26)22-21(23(28)33)20-12-31(7-8-32(20)30-22)24(34)29-17-9-15(10-17)13-1-4-16(27)5-2-13/h1-6,11,15,17H,7-10,12H2,(H2,28,33)(H,29,34)/t15-,17-. The van der Waals surface area contributed by atoms with Crippen LogP contribution in [0, 0.1) is 5.82 Å². The number of halogens is 3. The quantitative estimate of drug-likeness (QED) is 0.548. The second-order valence-corrected chi connectivity index (χ2v) is 9.49. The molecule has 7 nitrogen and oxygen atoms in total.